The van der Waals surface area contributed by atoms with Crippen LogP contribution >= 0.6 is 0 Å². The van der Waals surface area contributed by atoms with Crippen LogP contribution < -0.4 is 5.32 Å². The minimum atomic E-state index is 0.890. The van der Waals surface area contributed by atoms with Gasteiger partial charge < -0.3 is 10.3 Å². The smallest absolute Gasteiger partial charge is 0.138 e. The molecule has 0 atom stereocenters. The number of imidazole rings is 1. The Hall–Kier alpha value is -2.62. The second kappa shape index (κ2) is 11.0. The van der Waals surface area contributed by atoms with Crippen molar-refractivity contribution in [1.29, 1.82) is 0 Å². The van der Waals surface area contributed by atoms with Crippen molar-refractivity contribution in [2.75, 3.05) is 13.1 Å². The lowest BCUT2D eigenvalue weighted by atomic mass is 10.1. The molecule has 2 N–H and O–H groups in total. The molecule has 0 aliphatic carbocycles. The Morgan fingerprint density at radius 2 is 1.96 bits per heavy atom. The van der Waals surface area contributed by atoms with Gasteiger partial charge in [-0.3, -0.25) is 4.99 Å². The molecular weight excluding hydrogens is 296 g/mol. The highest BCUT2D eigenvalue weighted by atomic mass is 15.0. The maximum atomic E-state index is 4.55. The molecule has 0 saturated carbocycles. The fraction of sp³-hybridized carbons (Fsp3) is 0.300. The number of aryl methyl sites for hydroxylation is 1. The van der Waals surface area contributed by atoms with Crippen LogP contribution in [0.1, 0.15) is 37.7 Å². The van der Waals surface area contributed by atoms with Gasteiger partial charge in [0.2, 0.25) is 0 Å². The van der Waals surface area contributed by atoms with Crippen molar-refractivity contribution in [2.24, 2.45) is 4.99 Å². The van der Waals surface area contributed by atoms with Crippen LogP contribution in [0.25, 0.3) is 23.5 Å². The molecule has 0 spiro atoms. The maximum Gasteiger partial charge on any atom is 0.138 e. The van der Waals surface area contributed by atoms with Crippen LogP contribution in [0.4, 0.5) is 0 Å². The van der Waals surface area contributed by atoms with E-state index in [1.165, 1.54) is 5.56 Å². The lowest BCUT2D eigenvalue weighted by molar-refractivity contribution is 0.965. The quantitative estimate of drug-likeness (QED) is 0.859. The highest BCUT2D eigenvalue weighted by Crippen LogP contribution is 2.22. The first-order valence-corrected chi connectivity index (χ1v) is 8.39. The molecule has 0 bridgehead atoms. The number of hydrogen-bond donors (Lipinski definition) is 2. The van der Waals surface area contributed by atoms with Gasteiger partial charge in [-0.2, -0.15) is 0 Å². The number of rotatable bonds is 3. The van der Waals surface area contributed by atoms with Gasteiger partial charge in [0.1, 0.15) is 5.82 Å². The molecule has 0 unspecified atom stereocenters. The van der Waals surface area contributed by atoms with Crippen molar-refractivity contribution in [1.82, 2.24) is 15.3 Å². The first kappa shape index (κ1) is 19.4. The number of aromatic nitrogens is 2. The summed E-state index contributed by atoms with van der Waals surface area (Å²) < 4.78 is 0. The highest BCUT2D eigenvalue weighted by Gasteiger charge is 2.08. The summed E-state index contributed by atoms with van der Waals surface area (Å²) in [6.45, 7) is 13.8. The van der Waals surface area contributed by atoms with Crippen molar-refractivity contribution in [3.8, 4) is 11.4 Å². The van der Waals surface area contributed by atoms with Gasteiger partial charge in [-0.15, -0.1) is 0 Å². The van der Waals surface area contributed by atoms with Gasteiger partial charge in [0.05, 0.1) is 24.3 Å². The molecule has 2 heterocycles. The average Bonchev–Trinajstić information content (AvgIpc) is 3.30. The molecule has 1 aromatic carbocycles. The van der Waals surface area contributed by atoms with Crippen molar-refractivity contribution in [2.45, 2.75) is 27.7 Å². The predicted molar refractivity (Wildman–Crippen MR) is 106 cm³/mol. The van der Waals surface area contributed by atoms with Gasteiger partial charge in [0, 0.05) is 12.1 Å². The highest BCUT2D eigenvalue weighted by molar-refractivity contribution is 5.67. The lowest BCUT2D eigenvalue weighted by Gasteiger charge is -2.00. The molecule has 1 aliphatic rings. The molecule has 2 aromatic rings. The Kier molecular flexibility index (Phi) is 8.90. The molecule has 24 heavy (non-hydrogen) atoms. The summed E-state index contributed by atoms with van der Waals surface area (Å²) in [5, 5.41) is 2.93. The van der Waals surface area contributed by atoms with Crippen LogP contribution in [0.2, 0.25) is 0 Å². The Morgan fingerprint density at radius 3 is 2.46 bits per heavy atom. The SMILES string of the molecule is C1=NCCN1.C=Cc1nc(-c2ccccc2C)[nH]c1/C=C\C.CC. The zero-order valence-electron chi connectivity index (χ0n) is 15.1. The van der Waals surface area contributed by atoms with E-state index in [-0.39, 0.29) is 0 Å². The topological polar surface area (TPSA) is 53.1 Å². The molecule has 0 radical (unpaired) electrons. The molecule has 0 saturated heterocycles. The normalized spacial score (nSPS) is 12.0. The standard InChI is InChI=1S/C15H16N2.C3H6N2.C2H6/c1-4-8-14-13(5-2)16-15(17-14)12-10-7-6-9-11(12)3;1-2-5-3-4-1;1-2/h4-10H,2H2,1,3H3,(H,16,17);3H,1-2H2,(H,4,5);1-2H3/b8-4-;;. The Bertz CT molecular complexity index is 675. The largest absolute Gasteiger partial charge is 0.375 e. The van der Waals surface area contributed by atoms with E-state index in [0.29, 0.717) is 0 Å². The number of allylic oxidation sites excluding steroid dienone is 1. The van der Waals surface area contributed by atoms with Gasteiger partial charge >= 0.3 is 0 Å². The van der Waals surface area contributed by atoms with Gasteiger partial charge in [-0.1, -0.05) is 50.8 Å². The molecular formula is C20H28N4. The van der Waals surface area contributed by atoms with Crippen molar-refractivity contribution >= 4 is 18.5 Å². The zero-order valence-corrected chi connectivity index (χ0v) is 15.1. The first-order chi connectivity index (χ1) is 11.8. The number of benzene rings is 1. The minimum absolute atomic E-state index is 0.890. The van der Waals surface area contributed by atoms with Crippen LogP contribution in [0.5, 0.6) is 0 Å². The third-order valence-corrected chi connectivity index (χ3v) is 3.26. The fourth-order valence-electron chi connectivity index (χ4n) is 2.14. The Labute approximate surface area is 145 Å². The van der Waals surface area contributed by atoms with Gasteiger partial charge in [-0.25, -0.2) is 4.98 Å². The van der Waals surface area contributed by atoms with Crippen molar-refractivity contribution < 1.29 is 0 Å². The third kappa shape index (κ3) is 5.54. The van der Waals surface area contributed by atoms with Crippen LogP contribution in [0, 0.1) is 6.92 Å². The van der Waals surface area contributed by atoms with Gasteiger partial charge in [0.15, 0.2) is 0 Å². The van der Waals surface area contributed by atoms with E-state index in [0.717, 1.165) is 35.9 Å². The average molecular weight is 324 g/mol. The van der Waals surface area contributed by atoms with E-state index in [9.17, 15) is 0 Å². The van der Waals surface area contributed by atoms with E-state index in [1.54, 1.807) is 12.4 Å². The Balaban J connectivity index is 0.000000346. The summed E-state index contributed by atoms with van der Waals surface area (Å²) in [4.78, 5) is 11.7. The molecule has 128 valence electrons. The number of hydrogen-bond acceptors (Lipinski definition) is 3. The maximum absolute atomic E-state index is 4.55. The molecule has 4 heteroatoms. The van der Waals surface area contributed by atoms with Gasteiger partial charge in [-0.05, 0) is 31.6 Å². The molecule has 3 rings (SSSR count). The Morgan fingerprint density at radius 1 is 1.21 bits per heavy atom. The first-order valence-electron chi connectivity index (χ1n) is 8.39. The summed E-state index contributed by atoms with van der Waals surface area (Å²) in [5.74, 6) is 0.895. The third-order valence-electron chi connectivity index (χ3n) is 3.26. The summed E-state index contributed by atoms with van der Waals surface area (Å²) in [6, 6.07) is 8.21. The van der Waals surface area contributed by atoms with E-state index >= 15 is 0 Å². The minimum Gasteiger partial charge on any atom is -0.375 e. The van der Waals surface area contributed by atoms with Crippen molar-refractivity contribution in [3.63, 3.8) is 0 Å². The molecule has 4 nitrogen and oxygen atoms in total. The number of aliphatic imine (C=N–C) groups is 1. The summed E-state index contributed by atoms with van der Waals surface area (Å²) >= 11 is 0. The number of nitrogens with zero attached hydrogens (tertiary/aromatic N) is 2. The van der Waals surface area contributed by atoms with Crippen LogP contribution in [-0.4, -0.2) is 29.4 Å². The predicted octanol–water partition coefficient (Wildman–Crippen LogP) is 4.71. The zero-order chi connectivity index (χ0) is 17.8. The molecule has 1 aromatic heterocycles. The van der Waals surface area contributed by atoms with E-state index in [1.807, 2.05) is 45.1 Å². The van der Waals surface area contributed by atoms with Gasteiger partial charge in [0.25, 0.3) is 0 Å². The number of nitrogens with one attached hydrogen (secondary N) is 2. The van der Waals surface area contributed by atoms with E-state index in [2.05, 4.69) is 45.9 Å². The van der Waals surface area contributed by atoms with Crippen LogP contribution in [0.3, 0.4) is 0 Å². The molecule has 0 amide bonds. The van der Waals surface area contributed by atoms with E-state index in [4.69, 9.17) is 0 Å². The van der Waals surface area contributed by atoms with Crippen LogP contribution in [0.15, 0.2) is 41.9 Å². The summed E-state index contributed by atoms with van der Waals surface area (Å²) in [5.41, 5.74) is 4.23. The number of aromatic amines is 1. The van der Waals surface area contributed by atoms with Crippen LogP contribution in [-0.2, 0) is 0 Å². The monoisotopic (exact) mass is 324 g/mol. The molecule has 0 fully saturated rings. The lowest BCUT2D eigenvalue weighted by Crippen LogP contribution is -2.04. The molecule has 1 aliphatic heterocycles. The second-order valence-electron chi connectivity index (χ2n) is 4.89. The summed E-state index contributed by atoms with van der Waals surface area (Å²) in [7, 11) is 0. The number of H-pyrrole nitrogens is 1. The van der Waals surface area contributed by atoms with Crippen molar-refractivity contribution in [3.05, 3.63) is 53.9 Å². The van der Waals surface area contributed by atoms with E-state index < -0.39 is 0 Å². The second-order valence-corrected chi connectivity index (χ2v) is 4.89. The fourth-order valence-corrected chi connectivity index (χ4v) is 2.14. The summed E-state index contributed by atoms with van der Waals surface area (Å²) in [6.07, 6.45) is 7.50.